The van der Waals surface area contributed by atoms with E-state index in [1.54, 1.807) is 0 Å². The van der Waals surface area contributed by atoms with Gasteiger partial charge in [0.1, 0.15) is 5.75 Å². The van der Waals surface area contributed by atoms with Gasteiger partial charge < -0.3 is 10.1 Å². The van der Waals surface area contributed by atoms with Crippen molar-refractivity contribution in [3.8, 4) is 5.75 Å². The fourth-order valence-corrected chi connectivity index (χ4v) is 3.81. The average molecular weight is 340 g/mol. The molecule has 1 aliphatic rings. The molecule has 1 atom stereocenters. The molecule has 0 aromatic heterocycles. The fourth-order valence-electron chi connectivity index (χ4n) is 3.30. The van der Waals surface area contributed by atoms with Crippen LogP contribution >= 0.6 is 15.9 Å². The predicted molar refractivity (Wildman–Crippen MR) is 88.3 cm³/mol. The molecule has 0 amide bonds. The molecule has 1 aliphatic carbocycles. The number of halogens is 1. The van der Waals surface area contributed by atoms with Crippen LogP contribution < -0.4 is 10.1 Å². The van der Waals surface area contributed by atoms with Crippen LogP contribution in [0.4, 0.5) is 0 Å². The number of rotatable bonds is 5. The van der Waals surface area contributed by atoms with E-state index < -0.39 is 0 Å². The molecular weight excluding hydrogens is 314 g/mol. The summed E-state index contributed by atoms with van der Waals surface area (Å²) >= 11 is 3.63. The second-order valence-electron chi connectivity index (χ2n) is 5.64. The van der Waals surface area contributed by atoms with Gasteiger partial charge in [0, 0.05) is 6.04 Å². The minimum absolute atomic E-state index is 0.458. The van der Waals surface area contributed by atoms with Gasteiger partial charge in [-0.3, -0.25) is 0 Å². The van der Waals surface area contributed by atoms with Gasteiger partial charge in [-0.1, -0.05) is 31.7 Å². The summed E-state index contributed by atoms with van der Waals surface area (Å²) < 4.78 is 6.66. The van der Waals surface area contributed by atoms with Crippen LogP contribution in [0.3, 0.4) is 0 Å². The standard InChI is InChI=1S/C17H26BrNO/c1-3-20-16-11-10-14(12-15(16)18)17(19-2)13-8-6-4-5-7-9-13/h10-13,17,19H,3-9H2,1-2H3. The third-order valence-electron chi connectivity index (χ3n) is 4.30. The van der Waals surface area contributed by atoms with Crippen molar-refractivity contribution in [2.45, 2.75) is 51.5 Å². The van der Waals surface area contributed by atoms with E-state index in [0.717, 1.165) is 16.1 Å². The van der Waals surface area contributed by atoms with E-state index in [2.05, 4.69) is 46.5 Å². The van der Waals surface area contributed by atoms with E-state index in [4.69, 9.17) is 4.74 Å². The Balaban J connectivity index is 2.15. The molecule has 1 aromatic carbocycles. The third kappa shape index (κ3) is 3.98. The second-order valence-corrected chi connectivity index (χ2v) is 6.50. The van der Waals surface area contributed by atoms with Gasteiger partial charge in [0.2, 0.25) is 0 Å². The highest BCUT2D eigenvalue weighted by molar-refractivity contribution is 9.10. The summed E-state index contributed by atoms with van der Waals surface area (Å²) in [5, 5.41) is 3.53. The summed E-state index contributed by atoms with van der Waals surface area (Å²) in [5.41, 5.74) is 1.37. The van der Waals surface area contributed by atoms with Crippen molar-refractivity contribution in [2.75, 3.05) is 13.7 Å². The predicted octanol–water partition coefficient (Wildman–Crippen LogP) is 5.08. The van der Waals surface area contributed by atoms with Gasteiger partial charge in [-0.25, -0.2) is 0 Å². The molecule has 0 heterocycles. The average Bonchev–Trinajstić information content (AvgIpc) is 2.72. The summed E-state index contributed by atoms with van der Waals surface area (Å²) in [6.45, 7) is 2.72. The van der Waals surface area contributed by atoms with Crippen molar-refractivity contribution in [1.29, 1.82) is 0 Å². The smallest absolute Gasteiger partial charge is 0.133 e. The first-order valence-electron chi connectivity index (χ1n) is 7.85. The van der Waals surface area contributed by atoms with Crippen LogP contribution in [-0.4, -0.2) is 13.7 Å². The van der Waals surface area contributed by atoms with E-state index in [0.29, 0.717) is 12.6 Å². The largest absolute Gasteiger partial charge is 0.493 e. The van der Waals surface area contributed by atoms with Crippen LogP contribution in [0.25, 0.3) is 0 Å². The Morgan fingerprint density at radius 1 is 1.25 bits per heavy atom. The van der Waals surface area contributed by atoms with Crippen molar-refractivity contribution < 1.29 is 4.74 Å². The maximum Gasteiger partial charge on any atom is 0.133 e. The van der Waals surface area contributed by atoms with Gasteiger partial charge in [-0.15, -0.1) is 0 Å². The van der Waals surface area contributed by atoms with E-state index >= 15 is 0 Å². The Hall–Kier alpha value is -0.540. The summed E-state index contributed by atoms with van der Waals surface area (Å²) in [7, 11) is 2.08. The first kappa shape index (κ1) is 15.8. The number of nitrogens with one attached hydrogen (secondary N) is 1. The summed E-state index contributed by atoms with van der Waals surface area (Å²) in [6.07, 6.45) is 8.24. The van der Waals surface area contributed by atoms with Crippen LogP contribution in [-0.2, 0) is 0 Å². The zero-order valence-corrected chi connectivity index (χ0v) is 14.2. The van der Waals surface area contributed by atoms with Gasteiger partial charge in [0.25, 0.3) is 0 Å². The maximum atomic E-state index is 5.60. The summed E-state index contributed by atoms with van der Waals surface area (Å²) in [6, 6.07) is 6.98. The van der Waals surface area contributed by atoms with E-state index in [-0.39, 0.29) is 0 Å². The number of hydrogen-bond acceptors (Lipinski definition) is 2. The molecule has 1 aromatic rings. The molecule has 1 unspecified atom stereocenters. The minimum atomic E-state index is 0.458. The van der Waals surface area contributed by atoms with Crippen molar-refractivity contribution >= 4 is 15.9 Å². The monoisotopic (exact) mass is 339 g/mol. The molecule has 112 valence electrons. The molecule has 0 aliphatic heterocycles. The lowest BCUT2D eigenvalue weighted by Crippen LogP contribution is -2.25. The molecule has 2 rings (SSSR count). The lowest BCUT2D eigenvalue weighted by atomic mass is 9.87. The summed E-state index contributed by atoms with van der Waals surface area (Å²) in [4.78, 5) is 0. The third-order valence-corrected chi connectivity index (χ3v) is 4.92. The van der Waals surface area contributed by atoms with Gasteiger partial charge >= 0.3 is 0 Å². The van der Waals surface area contributed by atoms with Gasteiger partial charge in [0.15, 0.2) is 0 Å². The van der Waals surface area contributed by atoms with Crippen molar-refractivity contribution in [1.82, 2.24) is 5.32 Å². The second kappa shape index (κ2) is 8.04. The van der Waals surface area contributed by atoms with Crippen molar-refractivity contribution in [2.24, 2.45) is 5.92 Å². The number of benzene rings is 1. The molecule has 20 heavy (non-hydrogen) atoms. The molecule has 0 bridgehead atoms. The Bertz CT molecular complexity index is 413. The van der Waals surface area contributed by atoms with Crippen molar-refractivity contribution in [3.05, 3.63) is 28.2 Å². The highest BCUT2D eigenvalue weighted by atomic mass is 79.9. The van der Waals surface area contributed by atoms with Gasteiger partial charge in [-0.2, -0.15) is 0 Å². The zero-order chi connectivity index (χ0) is 14.4. The molecule has 1 fully saturated rings. The Morgan fingerprint density at radius 2 is 1.95 bits per heavy atom. The first-order valence-corrected chi connectivity index (χ1v) is 8.65. The quantitative estimate of drug-likeness (QED) is 0.755. The number of hydrogen-bond donors (Lipinski definition) is 1. The number of ether oxygens (including phenoxy) is 1. The molecule has 0 saturated heterocycles. The topological polar surface area (TPSA) is 21.3 Å². The van der Waals surface area contributed by atoms with Crippen LogP contribution in [0, 0.1) is 5.92 Å². The van der Waals surface area contributed by atoms with Crippen molar-refractivity contribution in [3.63, 3.8) is 0 Å². The van der Waals surface area contributed by atoms with E-state index in [9.17, 15) is 0 Å². The lowest BCUT2D eigenvalue weighted by Gasteiger charge is -2.26. The lowest BCUT2D eigenvalue weighted by molar-refractivity contribution is 0.333. The Morgan fingerprint density at radius 3 is 2.50 bits per heavy atom. The fraction of sp³-hybridized carbons (Fsp3) is 0.647. The molecule has 1 saturated carbocycles. The molecule has 0 spiro atoms. The molecule has 2 nitrogen and oxygen atoms in total. The summed E-state index contributed by atoms with van der Waals surface area (Å²) in [5.74, 6) is 1.69. The van der Waals surface area contributed by atoms with Gasteiger partial charge in [-0.05, 0) is 66.4 Å². The van der Waals surface area contributed by atoms with E-state index in [1.165, 1.54) is 44.1 Å². The highest BCUT2D eigenvalue weighted by Gasteiger charge is 2.23. The highest BCUT2D eigenvalue weighted by Crippen LogP contribution is 2.36. The molecule has 1 N–H and O–H groups in total. The Labute approximate surface area is 131 Å². The molecule has 0 radical (unpaired) electrons. The van der Waals surface area contributed by atoms with Crippen LogP contribution in [0.15, 0.2) is 22.7 Å². The van der Waals surface area contributed by atoms with Crippen LogP contribution in [0.2, 0.25) is 0 Å². The minimum Gasteiger partial charge on any atom is -0.493 e. The van der Waals surface area contributed by atoms with Gasteiger partial charge in [0.05, 0.1) is 11.1 Å². The molecule has 3 heteroatoms. The first-order chi connectivity index (χ1) is 9.76. The maximum absolute atomic E-state index is 5.60. The Kier molecular flexibility index (Phi) is 6.37. The normalized spacial score (nSPS) is 18.6. The van der Waals surface area contributed by atoms with Crippen LogP contribution in [0.1, 0.15) is 57.1 Å². The van der Waals surface area contributed by atoms with Crippen LogP contribution in [0.5, 0.6) is 5.75 Å². The van der Waals surface area contributed by atoms with E-state index in [1.807, 2.05) is 6.92 Å². The SMILES string of the molecule is CCOc1ccc(C(NC)C2CCCCCC2)cc1Br. The molecular formula is C17H26BrNO. The zero-order valence-electron chi connectivity index (χ0n) is 12.6.